The minimum atomic E-state index is -0.516. The first-order valence-corrected chi connectivity index (χ1v) is 10.5. The lowest BCUT2D eigenvalue weighted by Crippen LogP contribution is -2.46. The van der Waals surface area contributed by atoms with Gasteiger partial charge in [0.15, 0.2) is 0 Å². The molecule has 152 valence electrons. The number of aromatic amines is 1. The van der Waals surface area contributed by atoms with Gasteiger partial charge in [-0.1, -0.05) is 29.8 Å². The van der Waals surface area contributed by atoms with Crippen molar-refractivity contribution in [2.24, 2.45) is 0 Å². The maximum absolute atomic E-state index is 10.5. The summed E-state index contributed by atoms with van der Waals surface area (Å²) in [7, 11) is 0. The number of nitrogens with zero attached hydrogens (tertiary/aromatic N) is 1. The van der Waals surface area contributed by atoms with Crippen LogP contribution in [0.4, 0.5) is 0 Å². The van der Waals surface area contributed by atoms with Crippen molar-refractivity contribution in [3.8, 4) is 5.75 Å². The van der Waals surface area contributed by atoms with Crippen LogP contribution in [0.3, 0.4) is 0 Å². The van der Waals surface area contributed by atoms with Crippen molar-refractivity contribution in [1.29, 1.82) is 0 Å². The minimum Gasteiger partial charge on any atom is -0.490 e. The lowest BCUT2D eigenvalue weighted by Gasteiger charge is -2.39. The molecule has 5 nitrogen and oxygen atoms in total. The molecule has 0 radical (unpaired) electrons. The Bertz CT molecular complexity index is 1000. The normalized spacial score (nSPS) is 19.5. The molecule has 2 aliphatic rings. The summed E-state index contributed by atoms with van der Waals surface area (Å²) in [6.07, 6.45) is 3.33. The van der Waals surface area contributed by atoms with Gasteiger partial charge < -0.3 is 24.5 Å². The molecule has 0 bridgehead atoms. The number of likely N-dealkylation sites (tertiary alicyclic amines) is 1. The molecule has 1 aromatic heterocycles. The molecular weight excluding hydrogens is 364 g/mol. The zero-order valence-corrected chi connectivity index (χ0v) is 16.9. The van der Waals surface area contributed by atoms with Crippen LogP contribution in [0.15, 0.2) is 48.7 Å². The molecule has 2 aromatic carbocycles. The second-order valence-corrected chi connectivity index (χ2v) is 8.40. The quantitative estimate of drug-likeness (QED) is 0.695. The molecule has 3 heterocycles. The van der Waals surface area contributed by atoms with Gasteiger partial charge in [0.1, 0.15) is 18.5 Å². The van der Waals surface area contributed by atoms with E-state index in [1.54, 1.807) is 0 Å². The highest BCUT2D eigenvalue weighted by molar-refractivity contribution is 5.85. The average Bonchev–Trinajstić information content (AvgIpc) is 3.34. The molecule has 1 unspecified atom stereocenters. The Balaban J connectivity index is 1.16. The van der Waals surface area contributed by atoms with Crippen molar-refractivity contribution in [2.75, 3.05) is 26.2 Å². The van der Waals surface area contributed by atoms with Gasteiger partial charge in [-0.15, -0.1) is 0 Å². The molecule has 1 spiro atoms. The number of fused-ring (bicyclic) bond motifs is 3. The Morgan fingerprint density at radius 1 is 1.21 bits per heavy atom. The van der Waals surface area contributed by atoms with Crippen molar-refractivity contribution < 1.29 is 14.6 Å². The zero-order valence-electron chi connectivity index (χ0n) is 16.9. The number of rotatable bonds is 5. The van der Waals surface area contributed by atoms with Gasteiger partial charge in [-0.3, -0.25) is 0 Å². The summed E-state index contributed by atoms with van der Waals surface area (Å²) >= 11 is 0. The number of nitrogens with one attached hydrogen (secondary N) is 1. The molecular formula is C24H28N2O3. The third-order valence-electron chi connectivity index (χ3n) is 6.37. The van der Waals surface area contributed by atoms with Crippen LogP contribution in [0.25, 0.3) is 10.9 Å². The second kappa shape index (κ2) is 7.48. The highest BCUT2D eigenvalue weighted by atomic mass is 16.5. The number of hydrogen-bond donors (Lipinski definition) is 2. The van der Waals surface area contributed by atoms with Crippen molar-refractivity contribution >= 4 is 10.9 Å². The SMILES string of the molecule is Cc1ccc2c(c1)COC21CCN(CC(O)COc2cccc3[nH]ccc23)CC1. The lowest BCUT2D eigenvalue weighted by molar-refractivity contribution is -0.0835. The third kappa shape index (κ3) is 3.54. The second-order valence-electron chi connectivity index (χ2n) is 8.40. The number of aliphatic hydroxyl groups excluding tert-OH is 1. The van der Waals surface area contributed by atoms with Crippen LogP contribution in [0.5, 0.6) is 5.75 Å². The number of hydrogen-bond acceptors (Lipinski definition) is 4. The molecule has 0 aliphatic carbocycles. The molecule has 0 amide bonds. The summed E-state index contributed by atoms with van der Waals surface area (Å²) in [5.74, 6) is 0.812. The fourth-order valence-corrected chi connectivity index (χ4v) is 4.81. The predicted molar refractivity (Wildman–Crippen MR) is 113 cm³/mol. The van der Waals surface area contributed by atoms with E-state index in [0.29, 0.717) is 13.2 Å². The summed E-state index contributed by atoms with van der Waals surface area (Å²) in [6, 6.07) is 14.6. The highest BCUT2D eigenvalue weighted by Gasteiger charge is 2.42. The Hall–Kier alpha value is -2.34. The van der Waals surface area contributed by atoms with Gasteiger partial charge in [0, 0.05) is 36.7 Å². The molecule has 1 atom stereocenters. The average molecular weight is 392 g/mol. The maximum atomic E-state index is 10.5. The van der Waals surface area contributed by atoms with Gasteiger partial charge in [0.05, 0.1) is 12.2 Å². The largest absolute Gasteiger partial charge is 0.490 e. The molecule has 29 heavy (non-hydrogen) atoms. The number of β-amino-alcohol motifs (C(OH)–C–C–N with tert-alkyl or cyclic N) is 1. The van der Waals surface area contributed by atoms with E-state index < -0.39 is 6.10 Å². The van der Waals surface area contributed by atoms with E-state index in [-0.39, 0.29) is 5.60 Å². The van der Waals surface area contributed by atoms with Crippen LogP contribution < -0.4 is 4.74 Å². The molecule has 5 rings (SSSR count). The number of aromatic nitrogens is 1. The molecule has 3 aromatic rings. The first kappa shape index (κ1) is 18.7. The summed E-state index contributed by atoms with van der Waals surface area (Å²) in [5.41, 5.74) is 4.91. The molecule has 0 saturated carbocycles. The van der Waals surface area contributed by atoms with Gasteiger partial charge in [-0.25, -0.2) is 0 Å². The van der Waals surface area contributed by atoms with E-state index in [2.05, 4.69) is 35.0 Å². The van der Waals surface area contributed by atoms with Crippen LogP contribution in [0.2, 0.25) is 0 Å². The van der Waals surface area contributed by atoms with E-state index >= 15 is 0 Å². The summed E-state index contributed by atoms with van der Waals surface area (Å²) < 4.78 is 12.2. The van der Waals surface area contributed by atoms with Gasteiger partial charge in [-0.2, -0.15) is 0 Å². The van der Waals surface area contributed by atoms with E-state index in [1.165, 1.54) is 16.7 Å². The summed E-state index contributed by atoms with van der Waals surface area (Å²) in [5, 5.41) is 11.6. The van der Waals surface area contributed by atoms with Crippen molar-refractivity contribution in [3.63, 3.8) is 0 Å². The molecule has 5 heteroatoms. The standard InChI is InChI=1S/C24H28N2O3/c1-17-5-6-21-18(13-17)15-29-24(21)8-11-26(12-9-24)14-19(27)16-28-23-4-2-3-22-20(23)7-10-25-22/h2-7,10,13,19,25,27H,8-9,11-12,14-16H2,1H3. The van der Waals surface area contributed by atoms with E-state index in [9.17, 15) is 5.11 Å². The van der Waals surface area contributed by atoms with Crippen LogP contribution >= 0.6 is 0 Å². The van der Waals surface area contributed by atoms with E-state index in [4.69, 9.17) is 9.47 Å². The van der Waals surface area contributed by atoms with Crippen molar-refractivity contribution in [3.05, 3.63) is 65.4 Å². The predicted octanol–water partition coefficient (Wildman–Crippen LogP) is 3.74. The Kier molecular flexibility index (Phi) is 4.82. The van der Waals surface area contributed by atoms with Crippen molar-refractivity contribution in [1.82, 2.24) is 9.88 Å². The smallest absolute Gasteiger partial charge is 0.128 e. The van der Waals surface area contributed by atoms with Crippen LogP contribution in [-0.2, 0) is 16.9 Å². The number of benzene rings is 2. The van der Waals surface area contributed by atoms with E-state index in [0.717, 1.165) is 49.2 Å². The number of ether oxygens (including phenoxy) is 2. The maximum Gasteiger partial charge on any atom is 0.128 e. The summed E-state index contributed by atoms with van der Waals surface area (Å²) in [6.45, 7) is 5.63. The first-order chi connectivity index (χ1) is 14.1. The monoisotopic (exact) mass is 392 g/mol. The Morgan fingerprint density at radius 3 is 2.93 bits per heavy atom. The molecule has 2 N–H and O–H groups in total. The van der Waals surface area contributed by atoms with Gasteiger partial charge in [0.2, 0.25) is 0 Å². The lowest BCUT2D eigenvalue weighted by atomic mass is 9.83. The number of aryl methyl sites for hydroxylation is 1. The Labute approximate surface area is 171 Å². The Morgan fingerprint density at radius 2 is 2.07 bits per heavy atom. The topological polar surface area (TPSA) is 57.7 Å². The van der Waals surface area contributed by atoms with E-state index in [1.807, 2.05) is 30.5 Å². The number of aliphatic hydroxyl groups is 1. The molecule has 2 aliphatic heterocycles. The van der Waals surface area contributed by atoms with Gasteiger partial charge >= 0.3 is 0 Å². The number of H-pyrrole nitrogens is 1. The van der Waals surface area contributed by atoms with Crippen LogP contribution in [0.1, 0.15) is 29.5 Å². The molecule has 1 fully saturated rings. The first-order valence-electron chi connectivity index (χ1n) is 10.5. The van der Waals surface area contributed by atoms with Crippen LogP contribution in [-0.4, -0.2) is 47.3 Å². The minimum absolute atomic E-state index is 0.134. The summed E-state index contributed by atoms with van der Waals surface area (Å²) in [4.78, 5) is 5.51. The molecule has 1 saturated heterocycles. The number of piperidine rings is 1. The fraction of sp³-hybridized carbons (Fsp3) is 0.417. The van der Waals surface area contributed by atoms with Crippen LogP contribution in [0, 0.1) is 6.92 Å². The fourth-order valence-electron chi connectivity index (χ4n) is 4.81. The highest BCUT2D eigenvalue weighted by Crippen LogP contribution is 2.44. The van der Waals surface area contributed by atoms with Gasteiger partial charge in [0.25, 0.3) is 0 Å². The third-order valence-corrected chi connectivity index (χ3v) is 6.37. The van der Waals surface area contributed by atoms with Crippen molar-refractivity contribution in [2.45, 2.75) is 38.1 Å². The zero-order chi connectivity index (χ0) is 19.8. The van der Waals surface area contributed by atoms with Gasteiger partial charge in [-0.05, 0) is 49.1 Å².